The maximum Gasteiger partial charge on any atom is 0.226 e. The summed E-state index contributed by atoms with van der Waals surface area (Å²) in [6, 6.07) is 0.572. The molecule has 0 spiro atoms. The van der Waals surface area contributed by atoms with Gasteiger partial charge in [0.05, 0.1) is 0 Å². The van der Waals surface area contributed by atoms with Gasteiger partial charge < -0.3 is 10.2 Å². The highest BCUT2D eigenvalue weighted by Gasteiger charge is 2.68. The molecule has 5 rings (SSSR count). The number of hydrogen-bond donors (Lipinski definition) is 1. The average molecular weight is 288 g/mol. The monoisotopic (exact) mass is 288 g/mol. The minimum Gasteiger partial charge on any atom is -0.341 e. The van der Waals surface area contributed by atoms with E-state index in [1.807, 2.05) is 0 Å². The van der Waals surface area contributed by atoms with Crippen molar-refractivity contribution in [2.75, 3.05) is 19.6 Å². The van der Waals surface area contributed by atoms with Crippen LogP contribution in [0.2, 0.25) is 0 Å². The molecule has 3 nitrogen and oxygen atoms in total. The third kappa shape index (κ3) is 2.15. The summed E-state index contributed by atoms with van der Waals surface area (Å²) in [5, 5.41) is 3.58. The third-order valence-corrected chi connectivity index (χ3v) is 7.11. The molecule has 1 saturated heterocycles. The van der Waals surface area contributed by atoms with Gasteiger partial charge in [-0.3, -0.25) is 4.79 Å². The SMILES string of the molecule is O=C(C1C2C3CCC(C3)C12)N(CC1CC1)CC1CCCN1. The van der Waals surface area contributed by atoms with Crippen LogP contribution in [0.1, 0.15) is 44.9 Å². The van der Waals surface area contributed by atoms with E-state index in [9.17, 15) is 4.79 Å². The van der Waals surface area contributed by atoms with E-state index in [0.29, 0.717) is 17.9 Å². The number of nitrogens with zero attached hydrogens (tertiary/aromatic N) is 1. The summed E-state index contributed by atoms with van der Waals surface area (Å²) in [5.41, 5.74) is 0. The van der Waals surface area contributed by atoms with Crippen molar-refractivity contribution in [2.24, 2.45) is 35.5 Å². The number of carbonyl (C=O) groups is 1. The number of nitrogens with one attached hydrogen (secondary N) is 1. The van der Waals surface area contributed by atoms with Gasteiger partial charge in [-0.1, -0.05) is 0 Å². The van der Waals surface area contributed by atoms with Crippen LogP contribution in [0.15, 0.2) is 0 Å². The number of hydrogen-bond acceptors (Lipinski definition) is 2. The molecule has 21 heavy (non-hydrogen) atoms. The summed E-state index contributed by atoms with van der Waals surface area (Å²) in [5.74, 6) is 5.25. The fourth-order valence-electron chi connectivity index (χ4n) is 5.91. The van der Waals surface area contributed by atoms with Crippen molar-refractivity contribution >= 4 is 5.91 Å². The van der Waals surface area contributed by atoms with Crippen molar-refractivity contribution < 1.29 is 4.79 Å². The Bertz CT molecular complexity index is 424. The minimum absolute atomic E-state index is 0.441. The topological polar surface area (TPSA) is 32.3 Å². The maximum atomic E-state index is 13.1. The van der Waals surface area contributed by atoms with E-state index in [4.69, 9.17) is 0 Å². The van der Waals surface area contributed by atoms with Crippen LogP contribution in [-0.2, 0) is 4.79 Å². The summed E-state index contributed by atoms with van der Waals surface area (Å²) in [6.45, 7) is 3.19. The van der Waals surface area contributed by atoms with Crippen molar-refractivity contribution in [1.82, 2.24) is 10.2 Å². The van der Waals surface area contributed by atoms with Gasteiger partial charge in [-0.05, 0) is 81.1 Å². The Balaban J connectivity index is 1.27. The molecular weight excluding hydrogens is 260 g/mol. The van der Waals surface area contributed by atoms with Crippen LogP contribution in [0.5, 0.6) is 0 Å². The molecule has 1 amide bonds. The van der Waals surface area contributed by atoms with Crippen LogP contribution >= 0.6 is 0 Å². The molecule has 0 aromatic carbocycles. The fourth-order valence-corrected chi connectivity index (χ4v) is 5.91. The Kier molecular flexibility index (Phi) is 2.90. The van der Waals surface area contributed by atoms with Crippen LogP contribution in [0, 0.1) is 35.5 Å². The molecule has 0 aromatic heterocycles. The Hall–Kier alpha value is -0.570. The van der Waals surface area contributed by atoms with Crippen molar-refractivity contribution in [2.45, 2.75) is 51.0 Å². The molecule has 4 aliphatic carbocycles. The standard InChI is InChI=1S/C18H28N2O/c21-18(17-15-12-5-6-13(8-12)16(15)17)20(9-11-3-4-11)10-14-2-1-7-19-14/h11-17,19H,1-10H2. The smallest absolute Gasteiger partial charge is 0.226 e. The van der Waals surface area contributed by atoms with Gasteiger partial charge in [0.2, 0.25) is 5.91 Å². The highest BCUT2D eigenvalue weighted by molar-refractivity contribution is 5.83. The minimum atomic E-state index is 0.441. The normalized spacial score (nSPS) is 46.7. The second-order valence-corrected chi connectivity index (χ2v) is 8.49. The molecule has 3 heteroatoms. The Morgan fingerprint density at radius 3 is 2.38 bits per heavy atom. The lowest BCUT2D eigenvalue weighted by molar-refractivity contribution is -0.134. The first kappa shape index (κ1) is 12.9. The molecule has 5 atom stereocenters. The fraction of sp³-hybridized carbons (Fsp3) is 0.944. The van der Waals surface area contributed by atoms with Gasteiger partial charge in [0, 0.05) is 25.0 Å². The first-order valence-electron chi connectivity index (χ1n) is 9.33. The summed E-state index contributed by atoms with van der Waals surface area (Å²) in [7, 11) is 0. The van der Waals surface area contributed by atoms with Gasteiger partial charge in [-0.25, -0.2) is 0 Å². The van der Waals surface area contributed by atoms with Gasteiger partial charge >= 0.3 is 0 Å². The van der Waals surface area contributed by atoms with Crippen molar-refractivity contribution in [3.8, 4) is 0 Å². The van der Waals surface area contributed by atoms with E-state index in [2.05, 4.69) is 10.2 Å². The van der Waals surface area contributed by atoms with Crippen LogP contribution in [0.4, 0.5) is 0 Å². The van der Waals surface area contributed by atoms with Crippen LogP contribution in [0.25, 0.3) is 0 Å². The lowest BCUT2D eigenvalue weighted by Gasteiger charge is -2.27. The predicted octanol–water partition coefficient (Wildman–Crippen LogP) is 2.27. The predicted molar refractivity (Wildman–Crippen MR) is 81.6 cm³/mol. The zero-order valence-corrected chi connectivity index (χ0v) is 13.0. The highest BCUT2D eigenvalue weighted by atomic mass is 16.2. The quantitative estimate of drug-likeness (QED) is 0.841. The third-order valence-electron chi connectivity index (χ3n) is 7.11. The molecular formula is C18H28N2O. The molecule has 0 radical (unpaired) electrons. The Morgan fingerprint density at radius 1 is 1.00 bits per heavy atom. The first-order chi connectivity index (χ1) is 10.3. The number of fused-ring (bicyclic) bond motifs is 5. The van der Waals surface area contributed by atoms with Gasteiger partial charge in [0.1, 0.15) is 0 Å². The number of amides is 1. The Morgan fingerprint density at radius 2 is 1.76 bits per heavy atom. The lowest BCUT2D eigenvalue weighted by Crippen LogP contribution is -2.43. The first-order valence-corrected chi connectivity index (χ1v) is 9.33. The van der Waals surface area contributed by atoms with Gasteiger partial charge in [0.25, 0.3) is 0 Å². The van der Waals surface area contributed by atoms with Crippen molar-refractivity contribution in [1.29, 1.82) is 0 Å². The molecule has 1 heterocycles. The van der Waals surface area contributed by atoms with Crippen molar-refractivity contribution in [3.05, 3.63) is 0 Å². The Labute approximate surface area is 127 Å². The van der Waals surface area contributed by atoms with Crippen molar-refractivity contribution in [3.63, 3.8) is 0 Å². The van der Waals surface area contributed by atoms with Crippen LogP contribution in [-0.4, -0.2) is 36.5 Å². The van der Waals surface area contributed by atoms with E-state index in [1.165, 1.54) is 44.9 Å². The summed E-state index contributed by atoms with van der Waals surface area (Å²) < 4.78 is 0. The van der Waals surface area contributed by atoms with Gasteiger partial charge in [-0.15, -0.1) is 0 Å². The van der Waals surface area contributed by atoms with E-state index >= 15 is 0 Å². The zero-order chi connectivity index (χ0) is 14.0. The van der Waals surface area contributed by atoms with E-state index in [0.717, 1.165) is 49.2 Å². The summed E-state index contributed by atoms with van der Waals surface area (Å²) in [4.78, 5) is 15.4. The molecule has 5 fully saturated rings. The average Bonchev–Trinajstić information content (AvgIpc) is 3.29. The molecule has 1 aliphatic heterocycles. The molecule has 0 aromatic rings. The highest BCUT2D eigenvalue weighted by Crippen LogP contribution is 2.69. The lowest BCUT2D eigenvalue weighted by atomic mass is 10.0. The molecule has 2 bridgehead atoms. The van der Waals surface area contributed by atoms with Crippen LogP contribution in [0.3, 0.4) is 0 Å². The molecule has 1 N–H and O–H groups in total. The van der Waals surface area contributed by atoms with Crippen LogP contribution < -0.4 is 5.32 Å². The molecule has 5 unspecified atom stereocenters. The maximum absolute atomic E-state index is 13.1. The van der Waals surface area contributed by atoms with E-state index in [1.54, 1.807) is 0 Å². The largest absolute Gasteiger partial charge is 0.341 e. The second kappa shape index (κ2) is 4.71. The molecule has 116 valence electrons. The molecule has 5 aliphatic rings. The number of carbonyl (C=O) groups excluding carboxylic acids is 1. The van der Waals surface area contributed by atoms with Gasteiger partial charge in [-0.2, -0.15) is 0 Å². The number of rotatable bonds is 5. The zero-order valence-electron chi connectivity index (χ0n) is 13.0. The van der Waals surface area contributed by atoms with E-state index in [-0.39, 0.29) is 0 Å². The summed E-state index contributed by atoms with van der Waals surface area (Å²) >= 11 is 0. The van der Waals surface area contributed by atoms with E-state index < -0.39 is 0 Å². The summed E-state index contributed by atoms with van der Waals surface area (Å²) in [6.07, 6.45) is 9.54. The second-order valence-electron chi connectivity index (χ2n) is 8.49. The molecule has 4 saturated carbocycles. The van der Waals surface area contributed by atoms with Gasteiger partial charge in [0.15, 0.2) is 0 Å².